The third-order valence-electron chi connectivity index (χ3n) is 3.61. The lowest BCUT2D eigenvalue weighted by Gasteiger charge is -2.29. The van der Waals surface area contributed by atoms with E-state index in [0.717, 1.165) is 0 Å². The molecule has 1 unspecified atom stereocenters. The van der Waals surface area contributed by atoms with Crippen molar-refractivity contribution in [2.24, 2.45) is 4.99 Å². The Morgan fingerprint density at radius 1 is 1.03 bits per heavy atom. The summed E-state index contributed by atoms with van der Waals surface area (Å²) in [6.45, 7) is 10.4. The summed E-state index contributed by atoms with van der Waals surface area (Å²) in [6, 6.07) is -0.297. The zero-order valence-corrected chi connectivity index (χ0v) is 21.8. The third-order valence-corrected chi connectivity index (χ3v) is 3.94. The molecule has 0 fully saturated rings. The van der Waals surface area contributed by atoms with Crippen LogP contribution in [0.25, 0.3) is 0 Å². The molecule has 2 N–H and O–H groups in total. The fraction of sp³-hybridized carbons (Fsp3) is 0.700. The molecule has 0 aromatic rings. The van der Waals surface area contributed by atoms with E-state index in [1.165, 1.54) is 0 Å². The predicted molar refractivity (Wildman–Crippen MR) is 127 cm³/mol. The van der Waals surface area contributed by atoms with Crippen molar-refractivity contribution in [2.45, 2.75) is 69.0 Å². The average molecular weight is 530 g/mol. The molecule has 13 heteroatoms. The lowest BCUT2D eigenvalue weighted by Crippen LogP contribution is -2.49. The van der Waals surface area contributed by atoms with Crippen LogP contribution in [0.4, 0.5) is 14.4 Å². The minimum absolute atomic E-state index is 0.0349. The molecule has 1 aliphatic heterocycles. The molecule has 0 saturated heterocycles. The van der Waals surface area contributed by atoms with Crippen molar-refractivity contribution in [3.05, 3.63) is 12.2 Å². The Balaban J connectivity index is 2.85. The number of carbonyl (C=O) groups excluding carboxylic acids is 3. The minimum Gasteiger partial charge on any atom is -0.445 e. The largest absolute Gasteiger partial charge is 0.445 e. The Morgan fingerprint density at radius 3 is 2.18 bits per heavy atom. The minimum atomic E-state index is -1.71. The zero-order chi connectivity index (χ0) is 25.4. The number of carbonyl (C=O) groups is 3. The van der Waals surface area contributed by atoms with Crippen LogP contribution < -0.4 is 10.6 Å². The van der Waals surface area contributed by atoms with Gasteiger partial charge in [-0.05, 0) is 48.0 Å². The molecule has 10 nitrogen and oxygen atoms in total. The first-order valence-electron chi connectivity index (χ1n) is 10.2. The summed E-state index contributed by atoms with van der Waals surface area (Å²) in [5, 5.41) is 5.06. The van der Waals surface area contributed by atoms with E-state index in [1.807, 2.05) is 12.2 Å². The first-order chi connectivity index (χ1) is 15.0. The Hall–Kier alpha value is -1.91. The number of nitrogens with zero attached hydrogens (tertiary/aromatic N) is 2. The maximum absolute atomic E-state index is 12.3. The number of nitrogens with one attached hydrogen (secondary N) is 2. The number of hydrogen-bond donors (Lipinski definition) is 2. The van der Waals surface area contributed by atoms with Gasteiger partial charge in [-0.15, -0.1) is 4.99 Å². The van der Waals surface area contributed by atoms with Crippen LogP contribution in [0, 0.1) is 0 Å². The Labute approximate surface area is 208 Å². The lowest BCUT2D eigenvalue weighted by molar-refractivity contribution is 0.0554. The van der Waals surface area contributed by atoms with Crippen LogP contribution in [0.1, 0.15) is 48.0 Å². The molecule has 188 valence electrons. The van der Waals surface area contributed by atoms with E-state index in [1.54, 1.807) is 46.4 Å². The fourth-order valence-corrected chi connectivity index (χ4v) is 2.68. The number of aliphatic imine (C=N–C) groups is 1. The second-order valence-electron chi connectivity index (χ2n) is 9.10. The first kappa shape index (κ1) is 29.1. The van der Waals surface area contributed by atoms with Crippen molar-refractivity contribution in [1.29, 1.82) is 0 Å². The summed E-state index contributed by atoms with van der Waals surface area (Å²) in [5.74, 6) is -0.0349. The van der Waals surface area contributed by atoms with E-state index >= 15 is 0 Å². The van der Waals surface area contributed by atoms with Gasteiger partial charge in [0.05, 0.1) is 6.04 Å². The van der Waals surface area contributed by atoms with E-state index in [4.69, 9.17) is 49.0 Å². The van der Waals surface area contributed by atoms with Gasteiger partial charge in [0, 0.05) is 13.1 Å². The van der Waals surface area contributed by atoms with Gasteiger partial charge >= 0.3 is 18.3 Å². The lowest BCUT2D eigenvalue weighted by atomic mass is 10.2. The van der Waals surface area contributed by atoms with Gasteiger partial charge in [-0.3, -0.25) is 5.32 Å². The fourth-order valence-electron chi connectivity index (χ4n) is 2.52. The molecule has 1 aliphatic rings. The standard InChI is InChI=1S/C20H31Cl3N4O6/c1-18(2,3)32-16(29)25-14(26-17(30)33-19(4,5)6)27-11-7-8-13(27)9-10-24-15(28)31-12-20(21,22)23/h7-8,13H,9-12H2,1-6H3,(H,24,28)(H,25,26,29,30). The SMILES string of the molecule is CC(C)(C)OC(=O)N=C(NC(=O)OC(C)(C)C)N1CC=CC1CCNC(=O)OCC(Cl)(Cl)Cl. The molecule has 1 heterocycles. The van der Waals surface area contributed by atoms with Crippen molar-refractivity contribution < 1.29 is 28.6 Å². The van der Waals surface area contributed by atoms with Crippen LogP contribution in [-0.2, 0) is 14.2 Å². The molecule has 0 radical (unpaired) electrons. The van der Waals surface area contributed by atoms with Gasteiger partial charge in [0.15, 0.2) is 0 Å². The van der Waals surface area contributed by atoms with Crippen molar-refractivity contribution in [2.75, 3.05) is 19.7 Å². The molecular weight excluding hydrogens is 499 g/mol. The summed E-state index contributed by atoms with van der Waals surface area (Å²) in [6.07, 6.45) is 1.71. The monoisotopic (exact) mass is 528 g/mol. The van der Waals surface area contributed by atoms with Gasteiger partial charge in [-0.1, -0.05) is 47.0 Å². The molecule has 0 saturated carbocycles. The smallest absolute Gasteiger partial charge is 0.437 e. The molecule has 33 heavy (non-hydrogen) atoms. The highest BCUT2D eigenvalue weighted by Gasteiger charge is 2.28. The van der Waals surface area contributed by atoms with Gasteiger partial charge in [-0.2, -0.15) is 0 Å². The van der Waals surface area contributed by atoms with Crippen molar-refractivity contribution in [1.82, 2.24) is 15.5 Å². The number of guanidine groups is 1. The molecule has 0 aromatic carbocycles. The van der Waals surface area contributed by atoms with Gasteiger partial charge in [0.1, 0.15) is 17.8 Å². The molecule has 1 atom stereocenters. The maximum Gasteiger partial charge on any atom is 0.437 e. The number of rotatable bonds is 4. The first-order valence-corrected chi connectivity index (χ1v) is 11.3. The quantitative estimate of drug-likeness (QED) is 0.181. The van der Waals surface area contributed by atoms with Crippen molar-refractivity contribution in [3.63, 3.8) is 0 Å². The highest BCUT2D eigenvalue weighted by molar-refractivity contribution is 6.67. The topological polar surface area (TPSA) is 119 Å². The van der Waals surface area contributed by atoms with E-state index < -0.39 is 39.9 Å². The normalized spacial score (nSPS) is 16.9. The Bertz CT molecular complexity index is 769. The number of amides is 3. The summed E-state index contributed by atoms with van der Waals surface area (Å²) in [4.78, 5) is 42.0. The Morgan fingerprint density at radius 2 is 1.64 bits per heavy atom. The molecule has 0 spiro atoms. The van der Waals surface area contributed by atoms with Gasteiger partial charge in [0.2, 0.25) is 9.75 Å². The summed E-state index contributed by atoms with van der Waals surface area (Å²) < 4.78 is 13.6. The molecule has 3 amide bonds. The highest BCUT2D eigenvalue weighted by Crippen LogP contribution is 2.25. The van der Waals surface area contributed by atoms with Gasteiger partial charge in [0.25, 0.3) is 0 Å². The van der Waals surface area contributed by atoms with Crippen LogP contribution >= 0.6 is 34.8 Å². The van der Waals surface area contributed by atoms with Crippen molar-refractivity contribution in [3.8, 4) is 0 Å². The Kier molecular flexibility index (Phi) is 10.6. The van der Waals surface area contributed by atoms with Crippen molar-refractivity contribution >= 4 is 59.0 Å². The molecule has 0 aliphatic carbocycles. The number of halogens is 3. The average Bonchev–Trinajstić information content (AvgIpc) is 3.04. The number of hydrogen-bond acceptors (Lipinski definition) is 6. The maximum atomic E-state index is 12.3. The van der Waals surface area contributed by atoms with E-state index in [-0.39, 0.29) is 18.5 Å². The van der Waals surface area contributed by atoms with Crippen LogP contribution in [0.5, 0.6) is 0 Å². The summed E-state index contributed by atoms with van der Waals surface area (Å²) in [7, 11) is 0. The molecule has 0 aromatic heterocycles. The molecular formula is C20H31Cl3N4O6. The molecule has 1 rings (SSSR count). The number of alkyl carbamates (subject to hydrolysis) is 2. The van der Waals surface area contributed by atoms with Gasteiger partial charge in [-0.25, -0.2) is 14.4 Å². The number of ether oxygens (including phenoxy) is 3. The second-order valence-corrected chi connectivity index (χ2v) is 11.6. The molecule has 0 bridgehead atoms. The van der Waals surface area contributed by atoms with Crippen LogP contribution in [0.2, 0.25) is 0 Å². The number of alkyl halides is 3. The second kappa shape index (κ2) is 12.0. The zero-order valence-electron chi connectivity index (χ0n) is 19.5. The van der Waals surface area contributed by atoms with Gasteiger partial charge < -0.3 is 24.4 Å². The van der Waals surface area contributed by atoms with Crippen LogP contribution in [-0.4, -0.2) is 69.9 Å². The third kappa shape index (κ3) is 13.4. The van der Waals surface area contributed by atoms with E-state index in [0.29, 0.717) is 13.0 Å². The summed E-state index contributed by atoms with van der Waals surface area (Å²) >= 11 is 16.6. The van der Waals surface area contributed by atoms with E-state index in [2.05, 4.69) is 15.6 Å². The van der Waals surface area contributed by atoms with E-state index in [9.17, 15) is 14.4 Å². The predicted octanol–water partition coefficient (Wildman–Crippen LogP) is 4.53. The highest BCUT2D eigenvalue weighted by atomic mass is 35.6. The summed E-state index contributed by atoms with van der Waals surface area (Å²) in [5.41, 5.74) is -1.52. The van der Waals surface area contributed by atoms with Crippen LogP contribution in [0.15, 0.2) is 17.1 Å². The van der Waals surface area contributed by atoms with Crippen LogP contribution in [0.3, 0.4) is 0 Å².